The smallest absolute Gasteiger partial charge is 0.228 e. The van der Waals surface area contributed by atoms with E-state index in [2.05, 4.69) is 0 Å². The highest BCUT2D eigenvalue weighted by Crippen LogP contribution is 2.18. The standard InChI is InChI=1S/C7H14ClNO4S2/c1-14(10,11)6-15(12,13)9-4-2-7(8)3-5-9/h7H,2-6H2,1H3. The summed E-state index contributed by atoms with van der Waals surface area (Å²) in [5, 5.41) is -0.817. The molecule has 0 unspecified atom stereocenters. The molecule has 0 amide bonds. The highest BCUT2D eigenvalue weighted by atomic mass is 35.5. The maximum absolute atomic E-state index is 11.6. The molecule has 15 heavy (non-hydrogen) atoms. The Morgan fingerprint density at radius 3 is 2.07 bits per heavy atom. The van der Waals surface area contributed by atoms with Crippen LogP contribution in [0.5, 0.6) is 0 Å². The van der Waals surface area contributed by atoms with E-state index in [0.29, 0.717) is 25.9 Å². The van der Waals surface area contributed by atoms with Crippen molar-refractivity contribution in [2.45, 2.75) is 18.2 Å². The third-order valence-electron chi connectivity index (χ3n) is 2.14. The fraction of sp³-hybridized carbons (Fsp3) is 1.00. The van der Waals surface area contributed by atoms with Crippen molar-refractivity contribution in [1.82, 2.24) is 4.31 Å². The summed E-state index contributed by atoms with van der Waals surface area (Å²) in [4.78, 5) is 0. The molecule has 0 atom stereocenters. The summed E-state index contributed by atoms with van der Waals surface area (Å²) in [5.41, 5.74) is 0. The summed E-state index contributed by atoms with van der Waals surface area (Å²) in [5.74, 6) is 0. The van der Waals surface area contributed by atoms with Crippen LogP contribution in [0.25, 0.3) is 0 Å². The molecule has 1 fully saturated rings. The molecule has 5 nitrogen and oxygen atoms in total. The van der Waals surface area contributed by atoms with Crippen molar-refractivity contribution in [3.8, 4) is 0 Å². The van der Waals surface area contributed by atoms with Crippen molar-refractivity contribution < 1.29 is 16.8 Å². The predicted octanol–water partition coefficient (Wildman–Crippen LogP) is 0.0215. The normalized spacial score (nSPS) is 21.7. The predicted molar refractivity (Wildman–Crippen MR) is 59.1 cm³/mol. The van der Waals surface area contributed by atoms with Crippen LogP contribution in [0, 0.1) is 0 Å². The summed E-state index contributed by atoms with van der Waals surface area (Å²) in [6, 6.07) is 0. The fourth-order valence-corrected chi connectivity index (χ4v) is 5.17. The van der Waals surface area contributed by atoms with E-state index in [9.17, 15) is 16.8 Å². The second-order valence-electron chi connectivity index (χ2n) is 3.73. The molecule has 1 heterocycles. The van der Waals surface area contributed by atoms with Crippen LogP contribution in [0.4, 0.5) is 0 Å². The number of rotatable bonds is 3. The molecule has 0 aromatic rings. The average Bonchev–Trinajstić information content (AvgIpc) is 2.00. The molecule has 8 heteroatoms. The van der Waals surface area contributed by atoms with Gasteiger partial charge in [0.15, 0.2) is 14.9 Å². The Bertz CT molecular complexity index is 408. The van der Waals surface area contributed by atoms with E-state index in [4.69, 9.17) is 11.6 Å². The molecular weight excluding hydrogens is 262 g/mol. The van der Waals surface area contributed by atoms with Gasteiger partial charge >= 0.3 is 0 Å². The minimum Gasteiger partial charge on any atom is -0.228 e. The molecule has 0 spiro atoms. The maximum atomic E-state index is 11.6. The van der Waals surface area contributed by atoms with E-state index in [1.807, 2.05) is 0 Å². The van der Waals surface area contributed by atoms with Crippen LogP contribution in [-0.2, 0) is 19.9 Å². The fourth-order valence-electron chi connectivity index (χ4n) is 1.45. The Hall–Kier alpha value is 0.150. The minimum atomic E-state index is -3.68. The number of sulfone groups is 1. The molecule has 0 N–H and O–H groups in total. The van der Waals surface area contributed by atoms with Crippen LogP contribution in [0.15, 0.2) is 0 Å². The van der Waals surface area contributed by atoms with E-state index < -0.39 is 24.9 Å². The quantitative estimate of drug-likeness (QED) is 0.681. The Kier molecular flexibility index (Phi) is 4.02. The van der Waals surface area contributed by atoms with Gasteiger partial charge in [-0.2, -0.15) is 0 Å². The minimum absolute atomic E-state index is 0.00492. The van der Waals surface area contributed by atoms with Crippen molar-refractivity contribution in [1.29, 1.82) is 0 Å². The van der Waals surface area contributed by atoms with Crippen LogP contribution >= 0.6 is 11.6 Å². The number of sulfonamides is 1. The van der Waals surface area contributed by atoms with E-state index >= 15 is 0 Å². The highest BCUT2D eigenvalue weighted by molar-refractivity contribution is 8.06. The number of alkyl halides is 1. The first-order valence-corrected chi connectivity index (χ1v) is 8.61. The van der Waals surface area contributed by atoms with Crippen molar-refractivity contribution >= 4 is 31.5 Å². The van der Waals surface area contributed by atoms with Gasteiger partial charge in [0.25, 0.3) is 0 Å². The van der Waals surface area contributed by atoms with Gasteiger partial charge in [0.05, 0.1) is 0 Å². The van der Waals surface area contributed by atoms with Gasteiger partial charge in [0.1, 0.15) is 0 Å². The zero-order valence-electron chi connectivity index (χ0n) is 8.39. The van der Waals surface area contributed by atoms with Crippen molar-refractivity contribution in [3.63, 3.8) is 0 Å². The Morgan fingerprint density at radius 1 is 1.20 bits per heavy atom. The van der Waals surface area contributed by atoms with Crippen LogP contribution < -0.4 is 0 Å². The van der Waals surface area contributed by atoms with E-state index in [-0.39, 0.29) is 5.38 Å². The number of piperidine rings is 1. The van der Waals surface area contributed by atoms with Gasteiger partial charge < -0.3 is 0 Å². The number of nitrogens with zero attached hydrogens (tertiary/aromatic N) is 1. The molecule has 0 aliphatic carbocycles. The van der Waals surface area contributed by atoms with Crippen LogP contribution in [0.1, 0.15) is 12.8 Å². The third-order valence-corrected chi connectivity index (χ3v) is 6.63. The first-order chi connectivity index (χ1) is 6.71. The largest absolute Gasteiger partial charge is 0.228 e. The van der Waals surface area contributed by atoms with Gasteiger partial charge in [-0.05, 0) is 12.8 Å². The zero-order valence-corrected chi connectivity index (χ0v) is 10.8. The molecule has 1 rings (SSSR count). The Balaban J connectivity index is 2.71. The lowest BCUT2D eigenvalue weighted by Crippen LogP contribution is -2.41. The monoisotopic (exact) mass is 275 g/mol. The molecule has 0 radical (unpaired) electrons. The zero-order chi connectivity index (χ0) is 11.7. The van der Waals surface area contributed by atoms with Crippen molar-refractivity contribution in [2.75, 3.05) is 24.4 Å². The van der Waals surface area contributed by atoms with Crippen molar-refractivity contribution in [2.24, 2.45) is 0 Å². The van der Waals surface area contributed by atoms with Gasteiger partial charge in [-0.1, -0.05) is 0 Å². The van der Waals surface area contributed by atoms with Gasteiger partial charge in [-0.25, -0.2) is 21.1 Å². The maximum Gasteiger partial charge on any atom is 0.228 e. The average molecular weight is 276 g/mol. The molecule has 1 saturated heterocycles. The third kappa shape index (κ3) is 4.26. The van der Waals surface area contributed by atoms with Crippen LogP contribution in [0.2, 0.25) is 0 Å². The molecular formula is C7H14ClNO4S2. The summed E-state index contributed by atoms with van der Waals surface area (Å²) >= 11 is 5.83. The van der Waals surface area contributed by atoms with Gasteiger partial charge in [0.2, 0.25) is 10.0 Å². The summed E-state index contributed by atoms with van der Waals surface area (Å²) in [6.45, 7) is 0.623. The van der Waals surface area contributed by atoms with Gasteiger partial charge in [-0.3, -0.25) is 0 Å². The van der Waals surface area contributed by atoms with Crippen LogP contribution in [0.3, 0.4) is 0 Å². The molecule has 0 aromatic carbocycles. The first-order valence-electron chi connectivity index (χ1n) is 4.50. The van der Waals surface area contributed by atoms with Gasteiger partial charge in [-0.15, -0.1) is 11.6 Å². The highest BCUT2D eigenvalue weighted by Gasteiger charge is 2.29. The molecule has 0 aromatic heterocycles. The molecule has 1 aliphatic rings. The number of halogens is 1. The summed E-state index contributed by atoms with van der Waals surface area (Å²) < 4.78 is 46.3. The Labute approximate surface area is 95.4 Å². The van der Waals surface area contributed by atoms with Crippen LogP contribution in [-0.4, -0.2) is 50.9 Å². The second kappa shape index (κ2) is 4.57. The molecule has 1 aliphatic heterocycles. The number of hydrogen-bond donors (Lipinski definition) is 0. The first kappa shape index (κ1) is 13.2. The van der Waals surface area contributed by atoms with E-state index in [0.717, 1.165) is 6.26 Å². The SMILES string of the molecule is CS(=O)(=O)CS(=O)(=O)N1CCC(Cl)CC1. The lowest BCUT2D eigenvalue weighted by Gasteiger charge is -2.28. The summed E-state index contributed by atoms with van der Waals surface area (Å²) in [6.07, 6.45) is 2.06. The lowest BCUT2D eigenvalue weighted by molar-refractivity contribution is 0.352. The molecule has 0 saturated carbocycles. The topological polar surface area (TPSA) is 71.5 Å². The van der Waals surface area contributed by atoms with E-state index in [1.54, 1.807) is 0 Å². The second-order valence-corrected chi connectivity index (χ2v) is 8.82. The molecule has 0 bridgehead atoms. The van der Waals surface area contributed by atoms with Gasteiger partial charge in [0, 0.05) is 24.7 Å². The van der Waals surface area contributed by atoms with E-state index in [1.165, 1.54) is 4.31 Å². The Morgan fingerprint density at radius 2 is 1.67 bits per heavy atom. The number of hydrogen-bond acceptors (Lipinski definition) is 4. The summed E-state index contributed by atoms with van der Waals surface area (Å²) in [7, 11) is -7.19. The lowest BCUT2D eigenvalue weighted by atomic mass is 10.2. The molecule has 90 valence electrons. The van der Waals surface area contributed by atoms with Crippen molar-refractivity contribution in [3.05, 3.63) is 0 Å².